The third-order valence-electron chi connectivity index (χ3n) is 11.4. The van der Waals surface area contributed by atoms with Crippen molar-refractivity contribution in [1.82, 2.24) is 0 Å². The third kappa shape index (κ3) is 60.3. The van der Waals surface area contributed by atoms with Gasteiger partial charge in [-0.2, -0.15) is 0 Å². The van der Waals surface area contributed by atoms with Crippen molar-refractivity contribution in [2.24, 2.45) is 0 Å². The van der Waals surface area contributed by atoms with Gasteiger partial charge < -0.3 is 27.9 Å². The van der Waals surface area contributed by atoms with Gasteiger partial charge in [-0.1, -0.05) is 222 Å². The summed E-state index contributed by atoms with van der Waals surface area (Å²) in [6.45, 7) is 3.89. The molecule has 0 saturated carbocycles. The predicted octanol–water partition coefficient (Wildman–Crippen LogP) is 18.2. The summed E-state index contributed by atoms with van der Waals surface area (Å²) in [7, 11) is 1.09. The zero-order valence-corrected chi connectivity index (χ0v) is 50.2. The van der Waals surface area contributed by atoms with Crippen LogP contribution in [-0.2, 0) is 32.7 Å². The average Bonchev–Trinajstić information content (AvgIpc) is 3.40. The lowest BCUT2D eigenvalue weighted by Crippen LogP contribution is -2.37. The minimum absolute atomic E-state index is 0.0549. The van der Waals surface area contributed by atoms with Crippen molar-refractivity contribution < 1.29 is 42.1 Å². The highest BCUT2D eigenvalue weighted by Crippen LogP contribution is 2.38. The maximum Gasteiger partial charge on any atom is 0.306 e. The molecule has 436 valence electrons. The topological polar surface area (TPSA) is 111 Å². The Balaban J connectivity index is 4.35. The second kappa shape index (κ2) is 56.8. The molecule has 78 heavy (non-hydrogen) atoms. The van der Waals surface area contributed by atoms with Gasteiger partial charge in [0, 0.05) is 12.8 Å². The van der Waals surface area contributed by atoms with Gasteiger partial charge in [-0.05, 0) is 128 Å². The van der Waals surface area contributed by atoms with E-state index in [2.05, 4.69) is 190 Å². The van der Waals surface area contributed by atoms with Crippen LogP contribution >= 0.6 is 7.82 Å². The number of rotatable bonds is 51. The van der Waals surface area contributed by atoms with Gasteiger partial charge in [-0.25, -0.2) is 0 Å². The molecule has 0 radical (unpaired) electrons. The second-order valence-electron chi connectivity index (χ2n) is 19.9. The normalized spacial score (nSPS) is 14.6. The van der Waals surface area contributed by atoms with Crippen LogP contribution in [-0.4, -0.2) is 70.0 Å². The van der Waals surface area contributed by atoms with Crippen LogP contribution in [0.3, 0.4) is 0 Å². The van der Waals surface area contributed by atoms with Crippen LogP contribution in [0.5, 0.6) is 0 Å². The van der Waals surface area contributed by atoms with Gasteiger partial charge in [0.15, 0.2) is 6.10 Å². The van der Waals surface area contributed by atoms with Crippen LogP contribution in [0.15, 0.2) is 182 Å². The van der Waals surface area contributed by atoms with Crippen molar-refractivity contribution in [2.45, 2.75) is 187 Å². The molecule has 0 aromatic carbocycles. The zero-order chi connectivity index (χ0) is 57.0. The van der Waals surface area contributed by atoms with Gasteiger partial charge in [0.2, 0.25) is 0 Å². The van der Waals surface area contributed by atoms with Crippen LogP contribution in [0.2, 0.25) is 0 Å². The quantitative estimate of drug-likeness (QED) is 0.0195. The Bertz CT molecular complexity index is 1970. The van der Waals surface area contributed by atoms with E-state index in [1.165, 1.54) is 0 Å². The van der Waals surface area contributed by atoms with Crippen molar-refractivity contribution in [1.29, 1.82) is 0 Å². The van der Waals surface area contributed by atoms with Crippen LogP contribution in [0, 0.1) is 0 Å². The number of likely N-dealkylation sites (N-methyl/N-ethyl adjacent to an activating group) is 1. The molecule has 0 bridgehead atoms. The van der Waals surface area contributed by atoms with E-state index in [9.17, 15) is 19.0 Å². The van der Waals surface area contributed by atoms with Crippen molar-refractivity contribution in [3.63, 3.8) is 0 Å². The zero-order valence-electron chi connectivity index (χ0n) is 49.3. The van der Waals surface area contributed by atoms with Gasteiger partial charge in [0.1, 0.15) is 19.8 Å². The molecule has 9 nitrogen and oxygen atoms in total. The summed E-state index contributed by atoms with van der Waals surface area (Å²) in [5.74, 6) is -0.939. The Hall–Kier alpha value is -4.89. The van der Waals surface area contributed by atoms with Crippen molar-refractivity contribution >= 4 is 19.8 Å². The van der Waals surface area contributed by atoms with Gasteiger partial charge >= 0.3 is 11.9 Å². The highest BCUT2D eigenvalue weighted by Gasteiger charge is 2.21. The Morgan fingerprint density at radius 3 is 1.06 bits per heavy atom. The summed E-state index contributed by atoms with van der Waals surface area (Å²) in [4.78, 5) is 37.9. The van der Waals surface area contributed by atoms with E-state index in [4.69, 9.17) is 18.5 Å². The number of phosphoric ester groups is 1. The maximum atomic E-state index is 12.8. The van der Waals surface area contributed by atoms with Gasteiger partial charge in [0.25, 0.3) is 7.82 Å². The van der Waals surface area contributed by atoms with Gasteiger partial charge in [-0.15, -0.1) is 0 Å². The minimum atomic E-state index is -4.67. The molecule has 0 aromatic rings. The predicted molar refractivity (Wildman–Crippen MR) is 332 cm³/mol. The number of hydrogen-bond acceptors (Lipinski definition) is 8. The van der Waals surface area contributed by atoms with Gasteiger partial charge in [0.05, 0.1) is 27.7 Å². The molecule has 0 N–H and O–H groups in total. The lowest BCUT2D eigenvalue weighted by atomic mass is 10.1. The number of allylic oxidation sites excluding steroid dienone is 30. The lowest BCUT2D eigenvalue weighted by molar-refractivity contribution is -0.870. The highest BCUT2D eigenvalue weighted by atomic mass is 31.2. The van der Waals surface area contributed by atoms with E-state index in [-0.39, 0.29) is 26.1 Å². The molecule has 0 heterocycles. The first-order valence-electron chi connectivity index (χ1n) is 29.5. The standard InChI is InChI=1S/C68H106NO8P/c1-6-8-10-12-14-16-18-20-22-24-26-28-30-31-32-33-34-35-36-37-39-41-43-45-47-49-51-53-55-57-59-61-68(71)77-66(65-76-78(72,73)75-63-62-69(3,4)5)64-74-67(70)60-58-56-54-52-50-48-46-44-42-40-38-29-27-25-23-21-19-17-15-13-11-9-7-2/h8-11,14-17,20-23,26-29,31-32,34-35,37,39-40,42-43,45-46,48,52,54,66H,6-7,12-13,18-19,24-25,30,33,36,38,41,44,47,49-51,53,55-65H2,1-5H3/b10-8-,11-9-,16-14-,17-15-,22-20-,23-21-,28-26-,29-27-,32-31-,35-34-,39-37-,42-40-,45-43-,48-46-,54-52-. The molecule has 2 atom stereocenters. The Morgan fingerprint density at radius 1 is 0.397 bits per heavy atom. The number of phosphoric acid groups is 1. The van der Waals surface area contributed by atoms with E-state index in [1.54, 1.807) is 0 Å². The van der Waals surface area contributed by atoms with Crippen LogP contribution in [0.1, 0.15) is 181 Å². The SMILES string of the molecule is CC/C=C\C/C=C\C/C=C\C/C=C\C/C=C\C/C=C\C/C=C\C/C=C\CCCCCCCCC(=O)OC(COC(=O)CCC/C=C\C/C=C\C/C=C\C/C=C\C/C=C\C/C=C\C/C=C\CC)COP(=O)([O-])OCC[N+](C)(C)C. The molecule has 0 spiro atoms. The average molecular weight is 1100 g/mol. The van der Waals surface area contributed by atoms with E-state index < -0.39 is 32.5 Å². The summed E-state index contributed by atoms with van der Waals surface area (Å²) < 4.78 is 34.1. The van der Waals surface area contributed by atoms with E-state index in [0.717, 1.165) is 135 Å². The van der Waals surface area contributed by atoms with E-state index in [1.807, 2.05) is 27.2 Å². The molecular formula is C68H106NO8P. The van der Waals surface area contributed by atoms with Crippen molar-refractivity contribution in [3.05, 3.63) is 182 Å². The summed E-state index contributed by atoms with van der Waals surface area (Å²) in [5, 5.41) is 0. The molecule has 0 aliphatic rings. The molecule has 10 heteroatoms. The summed E-state index contributed by atoms with van der Waals surface area (Å²) >= 11 is 0. The molecule has 2 unspecified atom stereocenters. The monoisotopic (exact) mass is 1100 g/mol. The molecule has 0 aliphatic carbocycles. The molecule has 0 aromatic heterocycles. The number of nitrogens with zero attached hydrogens (tertiary/aromatic N) is 1. The largest absolute Gasteiger partial charge is 0.756 e. The fraction of sp³-hybridized carbons (Fsp3) is 0.529. The van der Waals surface area contributed by atoms with Crippen LogP contribution in [0.4, 0.5) is 0 Å². The second-order valence-corrected chi connectivity index (χ2v) is 21.3. The van der Waals surface area contributed by atoms with Crippen molar-refractivity contribution in [2.75, 3.05) is 47.5 Å². The number of ether oxygens (including phenoxy) is 2. The Kier molecular flexibility index (Phi) is 53.3. The summed E-state index contributed by atoms with van der Waals surface area (Å²) in [6, 6.07) is 0. The Morgan fingerprint density at radius 2 is 0.705 bits per heavy atom. The van der Waals surface area contributed by atoms with Crippen LogP contribution in [0.25, 0.3) is 0 Å². The van der Waals surface area contributed by atoms with Crippen LogP contribution < -0.4 is 4.89 Å². The van der Waals surface area contributed by atoms with E-state index >= 15 is 0 Å². The summed E-state index contributed by atoms with van der Waals surface area (Å²) in [6.07, 6.45) is 88.0. The first kappa shape index (κ1) is 73.1. The Labute approximate surface area is 476 Å². The summed E-state index contributed by atoms with van der Waals surface area (Å²) in [5.41, 5.74) is 0. The molecule has 0 amide bonds. The first-order chi connectivity index (χ1) is 38.0. The molecular weight excluding hydrogens is 990 g/mol. The molecule has 0 rings (SSSR count). The molecule has 0 fully saturated rings. The maximum absolute atomic E-state index is 12.8. The van der Waals surface area contributed by atoms with E-state index in [0.29, 0.717) is 30.3 Å². The number of carbonyl (C=O) groups is 2. The fourth-order valence-electron chi connectivity index (χ4n) is 6.95. The first-order valence-corrected chi connectivity index (χ1v) is 31.0. The van der Waals surface area contributed by atoms with Gasteiger partial charge in [-0.3, -0.25) is 14.2 Å². The third-order valence-corrected chi connectivity index (χ3v) is 12.4. The smallest absolute Gasteiger partial charge is 0.306 e. The molecule has 0 saturated heterocycles. The fourth-order valence-corrected chi connectivity index (χ4v) is 7.68. The minimum Gasteiger partial charge on any atom is -0.756 e. The number of quaternary nitrogens is 1. The highest BCUT2D eigenvalue weighted by molar-refractivity contribution is 7.45. The van der Waals surface area contributed by atoms with Crippen molar-refractivity contribution in [3.8, 4) is 0 Å². The number of carbonyl (C=O) groups excluding carboxylic acids is 2. The number of esters is 2. The lowest BCUT2D eigenvalue weighted by Gasteiger charge is -2.28. The molecule has 0 aliphatic heterocycles. The number of hydrogen-bond donors (Lipinski definition) is 0. The number of unbranched alkanes of at least 4 members (excludes halogenated alkanes) is 7.